The van der Waals surface area contributed by atoms with Gasteiger partial charge in [-0.3, -0.25) is 9.59 Å². The van der Waals surface area contributed by atoms with Crippen LogP contribution in [0.2, 0.25) is 5.02 Å². The first-order valence-corrected chi connectivity index (χ1v) is 10.7. The third kappa shape index (κ3) is 4.59. The molecule has 30 heavy (non-hydrogen) atoms. The zero-order valence-electron chi connectivity index (χ0n) is 16.8. The summed E-state index contributed by atoms with van der Waals surface area (Å²) in [5.41, 5.74) is 1.57. The van der Waals surface area contributed by atoms with Crippen LogP contribution in [0, 0.1) is 11.7 Å². The molecular formula is C23H25ClFN3O2. The van der Waals surface area contributed by atoms with Gasteiger partial charge in [-0.1, -0.05) is 17.7 Å². The Morgan fingerprint density at radius 2 is 1.53 bits per heavy atom. The Bertz CT molecular complexity index is 905. The Labute approximate surface area is 181 Å². The molecule has 0 atom stereocenters. The highest BCUT2D eigenvalue weighted by atomic mass is 35.5. The van der Waals surface area contributed by atoms with Crippen molar-refractivity contribution in [1.82, 2.24) is 9.80 Å². The van der Waals surface area contributed by atoms with Crippen molar-refractivity contribution >= 4 is 29.1 Å². The van der Waals surface area contributed by atoms with Crippen LogP contribution in [0.15, 0.2) is 48.5 Å². The molecule has 2 saturated heterocycles. The van der Waals surface area contributed by atoms with Gasteiger partial charge in [0.05, 0.1) is 0 Å². The number of anilines is 1. The van der Waals surface area contributed by atoms with Crippen molar-refractivity contribution in [1.29, 1.82) is 0 Å². The van der Waals surface area contributed by atoms with Gasteiger partial charge in [0, 0.05) is 61.5 Å². The molecule has 0 saturated carbocycles. The van der Waals surface area contributed by atoms with Crippen LogP contribution >= 0.6 is 11.6 Å². The number of benzene rings is 2. The molecule has 2 amide bonds. The number of amides is 2. The number of likely N-dealkylation sites (tertiary alicyclic amines) is 1. The smallest absolute Gasteiger partial charge is 0.253 e. The SMILES string of the molecule is O=C(c1cccc(Cl)c1)N1CCC(C(=O)N2CCN(c3ccc(F)cc3)CC2)CC1. The molecule has 0 bridgehead atoms. The van der Waals surface area contributed by atoms with Gasteiger partial charge in [0.1, 0.15) is 5.82 Å². The van der Waals surface area contributed by atoms with Gasteiger partial charge in [-0.2, -0.15) is 0 Å². The van der Waals surface area contributed by atoms with Gasteiger partial charge in [0.15, 0.2) is 0 Å². The van der Waals surface area contributed by atoms with Crippen LogP contribution in [0.4, 0.5) is 10.1 Å². The van der Waals surface area contributed by atoms with Gasteiger partial charge in [0.2, 0.25) is 5.91 Å². The van der Waals surface area contributed by atoms with E-state index in [0.29, 0.717) is 49.6 Å². The van der Waals surface area contributed by atoms with Crippen molar-refractivity contribution in [2.75, 3.05) is 44.2 Å². The maximum absolute atomic E-state index is 13.1. The van der Waals surface area contributed by atoms with E-state index in [1.54, 1.807) is 36.4 Å². The second-order valence-corrected chi connectivity index (χ2v) is 8.30. The number of carbonyl (C=O) groups excluding carboxylic acids is 2. The van der Waals surface area contributed by atoms with E-state index in [-0.39, 0.29) is 23.5 Å². The first kappa shape index (κ1) is 20.7. The molecule has 5 nitrogen and oxygen atoms in total. The number of piperazine rings is 1. The summed E-state index contributed by atoms with van der Waals surface area (Å²) in [6.45, 7) is 3.97. The molecule has 0 aromatic heterocycles. The quantitative estimate of drug-likeness (QED) is 0.747. The molecule has 4 rings (SSSR count). The fraction of sp³-hybridized carbons (Fsp3) is 0.391. The Balaban J connectivity index is 1.27. The van der Waals surface area contributed by atoms with Crippen LogP contribution in [0.5, 0.6) is 0 Å². The average molecular weight is 430 g/mol. The summed E-state index contributed by atoms with van der Waals surface area (Å²) in [5, 5.41) is 0.547. The maximum atomic E-state index is 13.1. The van der Waals surface area contributed by atoms with Gasteiger partial charge < -0.3 is 14.7 Å². The molecule has 0 radical (unpaired) electrons. The van der Waals surface area contributed by atoms with Crippen LogP contribution in [0.1, 0.15) is 23.2 Å². The summed E-state index contributed by atoms with van der Waals surface area (Å²) in [7, 11) is 0. The van der Waals surface area contributed by atoms with Gasteiger partial charge in [0.25, 0.3) is 5.91 Å². The number of halogens is 2. The molecular weight excluding hydrogens is 405 g/mol. The topological polar surface area (TPSA) is 43.9 Å². The predicted molar refractivity (Wildman–Crippen MR) is 115 cm³/mol. The molecule has 158 valence electrons. The lowest BCUT2D eigenvalue weighted by atomic mass is 9.94. The van der Waals surface area contributed by atoms with Crippen molar-refractivity contribution in [2.45, 2.75) is 12.8 Å². The third-order valence-electron chi connectivity index (χ3n) is 5.99. The van der Waals surface area contributed by atoms with E-state index < -0.39 is 0 Å². The second kappa shape index (κ2) is 9.04. The van der Waals surface area contributed by atoms with Gasteiger partial charge >= 0.3 is 0 Å². The summed E-state index contributed by atoms with van der Waals surface area (Å²) in [4.78, 5) is 31.5. The van der Waals surface area contributed by atoms with Crippen molar-refractivity contribution < 1.29 is 14.0 Å². The number of hydrogen-bond donors (Lipinski definition) is 0. The molecule has 2 fully saturated rings. The van der Waals surface area contributed by atoms with Crippen molar-refractivity contribution in [3.63, 3.8) is 0 Å². The minimum Gasteiger partial charge on any atom is -0.368 e. The highest BCUT2D eigenvalue weighted by Crippen LogP contribution is 2.24. The lowest BCUT2D eigenvalue weighted by Gasteiger charge is -2.39. The standard InChI is InChI=1S/C23H25ClFN3O2/c24-19-3-1-2-18(16-19)23(30)27-10-8-17(9-11-27)22(29)28-14-12-26(13-15-28)21-6-4-20(25)5-7-21/h1-7,16-17H,8-15H2. The largest absolute Gasteiger partial charge is 0.368 e. The Morgan fingerprint density at radius 3 is 2.17 bits per heavy atom. The molecule has 2 heterocycles. The fourth-order valence-electron chi connectivity index (χ4n) is 4.23. The van der Waals surface area contributed by atoms with Crippen LogP contribution in [-0.2, 0) is 4.79 Å². The third-order valence-corrected chi connectivity index (χ3v) is 6.22. The van der Waals surface area contributed by atoms with Crippen molar-refractivity contribution in [3.8, 4) is 0 Å². The highest BCUT2D eigenvalue weighted by molar-refractivity contribution is 6.30. The van der Waals surface area contributed by atoms with E-state index in [9.17, 15) is 14.0 Å². The monoisotopic (exact) mass is 429 g/mol. The molecule has 0 spiro atoms. The Hall–Kier alpha value is -2.60. The molecule has 2 aliphatic rings. The molecule has 0 aliphatic carbocycles. The molecule has 0 unspecified atom stereocenters. The zero-order chi connectivity index (χ0) is 21.1. The van der Waals surface area contributed by atoms with Gasteiger partial charge in [-0.15, -0.1) is 0 Å². The van der Waals surface area contributed by atoms with Crippen molar-refractivity contribution in [2.24, 2.45) is 5.92 Å². The molecule has 0 N–H and O–H groups in total. The second-order valence-electron chi connectivity index (χ2n) is 7.87. The lowest BCUT2D eigenvalue weighted by Crippen LogP contribution is -2.52. The Kier molecular flexibility index (Phi) is 6.23. The first-order chi connectivity index (χ1) is 14.5. The fourth-order valence-corrected chi connectivity index (χ4v) is 4.42. The number of piperidine rings is 1. The zero-order valence-corrected chi connectivity index (χ0v) is 17.5. The van der Waals surface area contributed by atoms with E-state index in [2.05, 4.69) is 4.90 Å². The normalized spacial score (nSPS) is 17.9. The van der Waals surface area contributed by atoms with Crippen LogP contribution in [-0.4, -0.2) is 60.9 Å². The summed E-state index contributed by atoms with van der Waals surface area (Å²) in [6, 6.07) is 13.5. The van der Waals surface area contributed by atoms with Crippen LogP contribution < -0.4 is 4.90 Å². The van der Waals surface area contributed by atoms with E-state index in [0.717, 1.165) is 18.8 Å². The average Bonchev–Trinajstić information content (AvgIpc) is 2.79. The number of carbonyl (C=O) groups is 2. The van der Waals surface area contributed by atoms with Gasteiger partial charge in [-0.25, -0.2) is 4.39 Å². The van der Waals surface area contributed by atoms with Crippen LogP contribution in [0.25, 0.3) is 0 Å². The number of nitrogens with zero attached hydrogens (tertiary/aromatic N) is 3. The van der Waals surface area contributed by atoms with E-state index >= 15 is 0 Å². The number of hydrogen-bond acceptors (Lipinski definition) is 3. The predicted octanol–water partition coefficient (Wildman–Crippen LogP) is 3.68. The molecule has 2 aliphatic heterocycles. The molecule has 7 heteroatoms. The molecule has 2 aromatic rings. The summed E-state index contributed by atoms with van der Waals surface area (Å²) in [5.74, 6) is -0.126. The summed E-state index contributed by atoms with van der Waals surface area (Å²) >= 11 is 5.99. The van der Waals surface area contributed by atoms with E-state index in [1.807, 2.05) is 9.80 Å². The van der Waals surface area contributed by atoms with Gasteiger partial charge in [-0.05, 0) is 55.3 Å². The minimum atomic E-state index is -0.243. The van der Waals surface area contributed by atoms with E-state index in [4.69, 9.17) is 11.6 Å². The van der Waals surface area contributed by atoms with Crippen molar-refractivity contribution in [3.05, 3.63) is 64.9 Å². The number of rotatable bonds is 3. The minimum absolute atomic E-state index is 0.0312. The summed E-state index contributed by atoms with van der Waals surface area (Å²) in [6.07, 6.45) is 1.37. The lowest BCUT2D eigenvalue weighted by molar-refractivity contribution is -0.137. The van der Waals surface area contributed by atoms with E-state index in [1.165, 1.54) is 12.1 Å². The Morgan fingerprint density at radius 1 is 0.867 bits per heavy atom. The van der Waals surface area contributed by atoms with Crippen LogP contribution in [0.3, 0.4) is 0 Å². The summed E-state index contributed by atoms with van der Waals surface area (Å²) < 4.78 is 13.1. The molecule has 2 aromatic carbocycles. The maximum Gasteiger partial charge on any atom is 0.253 e. The first-order valence-electron chi connectivity index (χ1n) is 10.4. The highest BCUT2D eigenvalue weighted by Gasteiger charge is 2.32.